The van der Waals surface area contributed by atoms with Crippen molar-refractivity contribution in [2.75, 3.05) is 40.1 Å². The van der Waals surface area contributed by atoms with Crippen molar-refractivity contribution >= 4 is 5.78 Å². The Hall–Kier alpha value is -1.37. The normalized spacial score (nSPS) is 10.8. The molecular weight excluding hydrogens is 270 g/mol. The Morgan fingerprint density at radius 3 is 2.60 bits per heavy atom. The first-order valence-corrected chi connectivity index (χ1v) is 6.28. The van der Waals surface area contributed by atoms with E-state index >= 15 is 0 Å². The minimum atomic E-state index is -0.747. The molecule has 1 rings (SSSR count). The van der Waals surface area contributed by atoms with Crippen LogP contribution >= 0.6 is 0 Å². The van der Waals surface area contributed by atoms with Crippen molar-refractivity contribution in [1.82, 2.24) is 0 Å². The summed E-state index contributed by atoms with van der Waals surface area (Å²) in [5.41, 5.74) is -0.290. The van der Waals surface area contributed by atoms with Crippen LogP contribution in [0.3, 0.4) is 0 Å². The van der Waals surface area contributed by atoms with Gasteiger partial charge in [-0.25, -0.2) is 8.78 Å². The van der Waals surface area contributed by atoms with Crippen LogP contribution in [-0.2, 0) is 14.2 Å². The molecular formula is C14H18F2O4. The number of benzene rings is 1. The molecule has 0 fully saturated rings. The highest BCUT2D eigenvalue weighted by Crippen LogP contribution is 2.10. The molecule has 112 valence electrons. The fourth-order valence-corrected chi connectivity index (χ4v) is 1.46. The van der Waals surface area contributed by atoms with Crippen LogP contribution in [0.2, 0.25) is 0 Å². The second-order valence-corrected chi connectivity index (χ2v) is 4.06. The molecule has 0 heterocycles. The van der Waals surface area contributed by atoms with Crippen molar-refractivity contribution in [3.8, 4) is 0 Å². The summed E-state index contributed by atoms with van der Waals surface area (Å²) < 4.78 is 41.3. The highest BCUT2D eigenvalue weighted by Gasteiger charge is 2.12. The summed E-state index contributed by atoms with van der Waals surface area (Å²) in [4.78, 5) is 11.6. The predicted octanol–water partition coefficient (Wildman–Crippen LogP) is 2.22. The van der Waals surface area contributed by atoms with Gasteiger partial charge in [0.15, 0.2) is 5.78 Å². The van der Waals surface area contributed by atoms with Gasteiger partial charge in [0.05, 0.1) is 18.8 Å². The molecule has 0 aromatic heterocycles. The number of rotatable bonds is 10. The second kappa shape index (κ2) is 9.52. The summed E-state index contributed by atoms with van der Waals surface area (Å²) >= 11 is 0. The molecule has 0 aliphatic carbocycles. The maximum atomic E-state index is 13.3. The van der Waals surface area contributed by atoms with Crippen LogP contribution in [0.4, 0.5) is 8.78 Å². The molecule has 0 bridgehead atoms. The molecule has 0 radical (unpaired) electrons. The fourth-order valence-electron chi connectivity index (χ4n) is 1.46. The van der Waals surface area contributed by atoms with Crippen LogP contribution in [0.25, 0.3) is 0 Å². The Morgan fingerprint density at radius 1 is 1.10 bits per heavy atom. The van der Waals surface area contributed by atoms with E-state index < -0.39 is 17.4 Å². The number of methoxy groups -OCH3 is 1. The van der Waals surface area contributed by atoms with Crippen LogP contribution in [0.15, 0.2) is 18.2 Å². The number of hydrogen-bond donors (Lipinski definition) is 0. The number of ketones is 1. The van der Waals surface area contributed by atoms with Crippen LogP contribution < -0.4 is 0 Å². The summed E-state index contributed by atoms with van der Waals surface area (Å²) in [6.07, 6.45) is 0.614. The average molecular weight is 288 g/mol. The van der Waals surface area contributed by atoms with Gasteiger partial charge in [-0.2, -0.15) is 0 Å². The molecule has 0 aliphatic heterocycles. The van der Waals surface area contributed by atoms with Gasteiger partial charge in [-0.3, -0.25) is 4.79 Å². The number of hydrogen-bond acceptors (Lipinski definition) is 4. The lowest BCUT2D eigenvalue weighted by Gasteiger charge is -2.06. The van der Waals surface area contributed by atoms with E-state index in [0.29, 0.717) is 32.8 Å². The third kappa shape index (κ3) is 6.18. The van der Waals surface area contributed by atoms with Crippen molar-refractivity contribution in [2.24, 2.45) is 0 Å². The van der Waals surface area contributed by atoms with Crippen molar-refractivity contribution in [3.63, 3.8) is 0 Å². The molecule has 0 amide bonds. The lowest BCUT2D eigenvalue weighted by Crippen LogP contribution is -2.13. The third-order valence-electron chi connectivity index (χ3n) is 2.47. The summed E-state index contributed by atoms with van der Waals surface area (Å²) in [5.74, 6) is -1.98. The largest absolute Gasteiger partial charge is 0.382 e. The number of halogens is 2. The summed E-state index contributed by atoms with van der Waals surface area (Å²) in [6.45, 7) is 1.56. The van der Waals surface area contributed by atoms with E-state index in [1.807, 2.05) is 0 Å². The monoisotopic (exact) mass is 288 g/mol. The molecule has 6 heteroatoms. The Kier molecular flexibility index (Phi) is 7.94. The van der Waals surface area contributed by atoms with Gasteiger partial charge in [0.1, 0.15) is 18.2 Å². The van der Waals surface area contributed by atoms with Gasteiger partial charge in [0.25, 0.3) is 0 Å². The highest BCUT2D eigenvalue weighted by atomic mass is 19.1. The number of Topliss-reactive ketones (excluding diaryl/α,β-unsaturated/α-hetero) is 1. The molecule has 0 atom stereocenters. The SMILES string of the molecule is COCCOCCCOCC(=O)c1cc(F)ccc1F. The summed E-state index contributed by atoms with van der Waals surface area (Å²) in [7, 11) is 1.59. The molecule has 0 saturated carbocycles. The minimum absolute atomic E-state index is 0.279. The average Bonchev–Trinajstić information content (AvgIpc) is 2.44. The Morgan fingerprint density at radius 2 is 1.85 bits per heavy atom. The van der Waals surface area contributed by atoms with Crippen molar-refractivity contribution in [1.29, 1.82) is 0 Å². The Bertz CT molecular complexity index is 424. The number of carbonyl (C=O) groups excluding carboxylic acids is 1. The van der Waals surface area contributed by atoms with E-state index in [1.54, 1.807) is 7.11 Å². The first kappa shape index (κ1) is 16.7. The molecule has 0 N–H and O–H groups in total. The van der Waals surface area contributed by atoms with E-state index in [2.05, 4.69) is 0 Å². The number of carbonyl (C=O) groups is 1. The second-order valence-electron chi connectivity index (χ2n) is 4.06. The first-order chi connectivity index (χ1) is 9.65. The highest BCUT2D eigenvalue weighted by molar-refractivity contribution is 5.97. The predicted molar refractivity (Wildman–Crippen MR) is 68.8 cm³/mol. The molecule has 0 aliphatic rings. The third-order valence-corrected chi connectivity index (χ3v) is 2.47. The molecule has 0 unspecified atom stereocenters. The molecule has 0 saturated heterocycles. The smallest absolute Gasteiger partial charge is 0.191 e. The quantitative estimate of drug-likeness (QED) is 0.489. The van der Waals surface area contributed by atoms with Gasteiger partial charge >= 0.3 is 0 Å². The Labute approximate surface area is 116 Å². The van der Waals surface area contributed by atoms with Gasteiger partial charge in [0, 0.05) is 20.3 Å². The van der Waals surface area contributed by atoms with E-state index in [1.165, 1.54) is 0 Å². The van der Waals surface area contributed by atoms with Crippen molar-refractivity contribution < 1.29 is 27.8 Å². The topological polar surface area (TPSA) is 44.8 Å². The minimum Gasteiger partial charge on any atom is -0.382 e. The van der Waals surface area contributed by atoms with Gasteiger partial charge in [-0.05, 0) is 24.6 Å². The maximum Gasteiger partial charge on any atom is 0.191 e. The van der Waals surface area contributed by atoms with Crippen LogP contribution in [0.1, 0.15) is 16.8 Å². The van der Waals surface area contributed by atoms with Crippen molar-refractivity contribution in [2.45, 2.75) is 6.42 Å². The maximum absolute atomic E-state index is 13.3. The van der Waals surface area contributed by atoms with E-state index in [9.17, 15) is 13.6 Å². The zero-order valence-corrected chi connectivity index (χ0v) is 11.4. The van der Waals surface area contributed by atoms with Gasteiger partial charge in [0.2, 0.25) is 0 Å². The lowest BCUT2D eigenvalue weighted by atomic mass is 10.1. The summed E-state index contributed by atoms with van der Waals surface area (Å²) in [5, 5.41) is 0. The molecule has 4 nitrogen and oxygen atoms in total. The first-order valence-electron chi connectivity index (χ1n) is 6.28. The fraction of sp³-hybridized carbons (Fsp3) is 0.500. The molecule has 20 heavy (non-hydrogen) atoms. The summed E-state index contributed by atoms with van der Waals surface area (Å²) in [6, 6.07) is 2.76. The van der Waals surface area contributed by atoms with Gasteiger partial charge < -0.3 is 14.2 Å². The molecule has 1 aromatic rings. The zero-order chi connectivity index (χ0) is 14.8. The molecule has 0 spiro atoms. The van der Waals surface area contributed by atoms with Gasteiger partial charge in [-0.15, -0.1) is 0 Å². The molecule has 1 aromatic carbocycles. The van der Waals surface area contributed by atoms with E-state index in [4.69, 9.17) is 14.2 Å². The van der Waals surface area contributed by atoms with E-state index in [-0.39, 0.29) is 12.2 Å². The van der Waals surface area contributed by atoms with Crippen LogP contribution in [-0.4, -0.2) is 45.9 Å². The van der Waals surface area contributed by atoms with Crippen molar-refractivity contribution in [3.05, 3.63) is 35.4 Å². The zero-order valence-electron chi connectivity index (χ0n) is 11.4. The number of ether oxygens (including phenoxy) is 3. The standard InChI is InChI=1S/C14H18F2O4/c1-18-7-8-19-5-2-6-20-10-14(17)12-9-11(15)3-4-13(12)16/h3-4,9H,2,5-8,10H2,1H3. The van der Waals surface area contributed by atoms with E-state index in [0.717, 1.165) is 18.2 Å². The van der Waals surface area contributed by atoms with Gasteiger partial charge in [-0.1, -0.05) is 0 Å². The van der Waals surface area contributed by atoms with Crippen LogP contribution in [0.5, 0.6) is 0 Å². The Balaban J connectivity index is 2.18. The lowest BCUT2D eigenvalue weighted by molar-refractivity contribution is 0.0487. The van der Waals surface area contributed by atoms with Crippen LogP contribution in [0, 0.1) is 11.6 Å².